The van der Waals surface area contributed by atoms with Crippen LogP contribution in [-0.2, 0) is 15.7 Å². The fourth-order valence-corrected chi connectivity index (χ4v) is 3.41. The Kier molecular flexibility index (Phi) is 16.8. The number of allylic oxidation sites excluding steroid dienone is 5. The van der Waals surface area contributed by atoms with Crippen molar-refractivity contribution >= 4 is 11.0 Å². The number of hydrogen-bond donors (Lipinski definition) is 0. The normalized spacial score (nSPS) is 20.5. The molecule has 0 aromatic rings. The summed E-state index contributed by atoms with van der Waals surface area (Å²) in [6.45, 7) is 19.6. The van der Waals surface area contributed by atoms with Crippen LogP contribution in [0.15, 0.2) is 35.3 Å². The molecule has 3 nitrogen and oxygen atoms in total. The third kappa shape index (κ3) is 9.55. The third-order valence-electron chi connectivity index (χ3n) is 3.60. The number of nitrogens with zero attached hydrogens (tertiary/aromatic N) is 1. The molecule has 4 heteroatoms. The highest BCUT2D eigenvalue weighted by Crippen LogP contribution is 2.18. The minimum atomic E-state index is -1.07. The first-order valence-electron chi connectivity index (χ1n) is 9.20. The van der Waals surface area contributed by atoms with Crippen molar-refractivity contribution < 1.29 is 8.95 Å². The van der Waals surface area contributed by atoms with Gasteiger partial charge in [0, 0.05) is 25.1 Å². The minimum absolute atomic E-state index is 0.204. The topological polar surface area (TPSA) is 29.5 Å². The number of methoxy groups -OCH3 is 1. The zero-order valence-electron chi connectivity index (χ0n) is 17.1. The Morgan fingerprint density at radius 1 is 1.25 bits per heavy atom. The summed E-state index contributed by atoms with van der Waals surface area (Å²) >= 11 is 0. The van der Waals surface area contributed by atoms with Crippen molar-refractivity contribution in [2.45, 2.75) is 67.4 Å². The van der Waals surface area contributed by atoms with E-state index in [1.165, 1.54) is 0 Å². The molecule has 0 saturated carbocycles. The van der Waals surface area contributed by atoms with Crippen molar-refractivity contribution in [3.8, 4) is 0 Å². The van der Waals surface area contributed by atoms with Gasteiger partial charge in [0.25, 0.3) is 0 Å². The second-order valence-electron chi connectivity index (χ2n) is 5.44. The average Bonchev–Trinajstić information content (AvgIpc) is 2.64. The van der Waals surface area contributed by atoms with E-state index in [4.69, 9.17) is 4.74 Å². The van der Waals surface area contributed by atoms with Gasteiger partial charge in [-0.1, -0.05) is 60.3 Å². The third-order valence-corrected chi connectivity index (χ3v) is 5.08. The van der Waals surface area contributed by atoms with Gasteiger partial charge in [0.2, 0.25) is 0 Å². The first kappa shape index (κ1) is 25.5. The second-order valence-corrected chi connectivity index (χ2v) is 7.10. The Labute approximate surface area is 153 Å². The summed E-state index contributed by atoms with van der Waals surface area (Å²) in [5, 5.41) is 0. The van der Waals surface area contributed by atoms with Gasteiger partial charge in [-0.15, -0.1) is 0 Å². The Hall–Kier alpha value is -0.710. The molecule has 1 fully saturated rings. The van der Waals surface area contributed by atoms with Gasteiger partial charge >= 0.3 is 0 Å². The van der Waals surface area contributed by atoms with E-state index in [9.17, 15) is 4.21 Å². The number of ether oxygens (including phenoxy) is 1. The van der Waals surface area contributed by atoms with Crippen LogP contribution in [0.1, 0.15) is 61.3 Å². The molecule has 1 aliphatic rings. The number of rotatable bonds is 6. The molecule has 0 aliphatic carbocycles. The molecule has 1 aliphatic heterocycles. The molecule has 1 heterocycles. The predicted molar refractivity (Wildman–Crippen MR) is 109 cm³/mol. The highest BCUT2D eigenvalue weighted by atomic mass is 32.2. The Morgan fingerprint density at radius 3 is 2.29 bits per heavy atom. The fourth-order valence-electron chi connectivity index (χ4n) is 2.22. The first-order chi connectivity index (χ1) is 11.5. The summed E-state index contributed by atoms with van der Waals surface area (Å²) in [5.74, 6) is 0.429. The molecular weight excluding hydrogens is 318 g/mol. The van der Waals surface area contributed by atoms with E-state index in [-0.39, 0.29) is 6.10 Å². The van der Waals surface area contributed by atoms with Crippen LogP contribution in [0.5, 0.6) is 0 Å². The van der Waals surface area contributed by atoms with E-state index in [1.807, 2.05) is 57.2 Å². The van der Waals surface area contributed by atoms with E-state index < -0.39 is 11.0 Å². The van der Waals surface area contributed by atoms with Crippen LogP contribution < -0.4 is 0 Å². The van der Waals surface area contributed by atoms with Crippen molar-refractivity contribution in [3.05, 3.63) is 35.3 Å². The molecule has 2 unspecified atom stereocenters. The van der Waals surface area contributed by atoms with Crippen molar-refractivity contribution in [1.29, 1.82) is 0 Å². The number of piperidine rings is 1. The molecule has 0 radical (unpaired) electrons. The zero-order valence-corrected chi connectivity index (χ0v) is 17.9. The molecule has 0 bridgehead atoms. The van der Waals surface area contributed by atoms with Crippen LogP contribution in [0.2, 0.25) is 0 Å². The average molecular weight is 358 g/mol. The lowest BCUT2D eigenvalue weighted by Gasteiger charge is -2.30. The van der Waals surface area contributed by atoms with Crippen LogP contribution in [0.4, 0.5) is 0 Å². The maximum Gasteiger partial charge on any atom is 0.123 e. The van der Waals surface area contributed by atoms with Crippen molar-refractivity contribution in [1.82, 2.24) is 4.31 Å². The highest BCUT2D eigenvalue weighted by molar-refractivity contribution is 7.86. The number of hydrogen-bond acceptors (Lipinski definition) is 2. The molecule has 1 saturated heterocycles. The Balaban J connectivity index is 0. The van der Waals surface area contributed by atoms with E-state index in [2.05, 4.69) is 20.4 Å². The van der Waals surface area contributed by atoms with Crippen LogP contribution in [0.3, 0.4) is 0 Å². The van der Waals surface area contributed by atoms with Gasteiger partial charge in [-0.3, -0.25) is 0 Å². The van der Waals surface area contributed by atoms with E-state index in [0.29, 0.717) is 5.92 Å². The highest BCUT2D eigenvalue weighted by Gasteiger charge is 2.23. The van der Waals surface area contributed by atoms with Gasteiger partial charge in [0.05, 0.1) is 6.10 Å². The minimum Gasteiger partial charge on any atom is -0.380 e. The zero-order chi connectivity index (χ0) is 19.1. The van der Waals surface area contributed by atoms with Gasteiger partial charge in [0.15, 0.2) is 0 Å². The lowest BCUT2D eigenvalue weighted by atomic mass is 10.0. The van der Waals surface area contributed by atoms with E-state index in [1.54, 1.807) is 7.11 Å². The maximum absolute atomic E-state index is 12.5. The van der Waals surface area contributed by atoms with E-state index >= 15 is 0 Å². The molecule has 24 heavy (non-hydrogen) atoms. The predicted octanol–water partition coefficient (Wildman–Crippen LogP) is 5.49. The first-order valence-corrected chi connectivity index (χ1v) is 10.3. The molecule has 0 aromatic heterocycles. The second kappa shape index (κ2) is 15.8. The van der Waals surface area contributed by atoms with Gasteiger partial charge in [0.1, 0.15) is 11.0 Å². The summed E-state index contributed by atoms with van der Waals surface area (Å²) in [6, 6.07) is 0. The quantitative estimate of drug-likeness (QED) is 0.589. The molecule has 142 valence electrons. The monoisotopic (exact) mass is 357 g/mol. The fraction of sp³-hybridized carbons (Fsp3) is 0.700. The smallest absolute Gasteiger partial charge is 0.123 e. The van der Waals surface area contributed by atoms with Crippen molar-refractivity contribution in [2.24, 2.45) is 5.92 Å². The van der Waals surface area contributed by atoms with Crippen molar-refractivity contribution in [3.63, 3.8) is 0 Å². The standard InChI is InChI=1S/C16H27NO2S.2C2H6/c1-6-15(13(2)3)10-9-14(4)20(18)17-11-7-8-16(12-17)19-5;2*1-2/h6,9-10,13,16H,1,7-8,11-12H2,2-5H3;2*1-2H3/b14-9+,15-10+;;. The molecule has 0 N–H and O–H groups in total. The van der Waals surface area contributed by atoms with Crippen LogP contribution in [0.25, 0.3) is 0 Å². The van der Waals surface area contributed by atoms with Crippen LogP contribution in [0, 0.1) is 5.92 Å². The largest absolute Gasteiger partial charge is 0.380 e. The molecule has 1 rings (SSSR count). The summed E-state index contributed by atoms with van der Waals surface area (Å²) in [6.07, 6.45) is 8.12. The van der Waals surface area contributed by atoms with Gasteiger partial charge in [-0.2, -0.15) is 0 Å². The summed E-state index contributed by atoms with van der Waals surface area (Å²) in [7, 11) is 0.654. The van der Waals surface area contributed by atoms with Crippen molar-refractivity contribution in [2.75, 3.05) is 20.2 Å². The summed E-state index contributed by atoms with van der Waals surface area (Å²) in [5.41, 5.74) is 1.16. The van der Waals surface area contributed by atoms with Crippen LogP contribution >= 0.6 is 0 Å². The van der Waals surface area contributed by atoms with E-state index in [0.717, 1.165) is 36.4 Å². The molecule has 2 atom stereocenters. The van der Waals surface area contributed by atoms with Gasteiger partial charge < -0.3 is 4.74 Å². The van der Waals surface area contributed by atoms with Gasteiger partial charge in [-0.05, 0) is 37.3 Å². The molecule has 0 spiro atoms. The lowest BCUT2D eigenvalue weighted by Crippen LogP contribution is -2.40. The molecule has 0 amide bonds. The maximum atomic E-state index is 12.5. The lowest BCUT2D eigenvalue weighted by molar-refractivity contribution is 0.0588. The summed E-state index contributed by atoms with van der Waals surface area (Å²) in [4.78, 5) is 0.877. The SMILES string of the molecule is C=C/C(=C\C=C(/C)S(=O)N1CCCC(OC)C1)C(C)C.CC.CC. The van der Waals surface area contributed by atoms with Crippen LogP contribution in [-0.4, -0.2) is 34.8 Å². The Morgan fingerprint density at radius 2 is 1.83 bits per heavy atom. The van der Waals surface area contributed by atoms with Gasteiger partial charge in [-0.25, -0.2) is 8.51 Å². The molecule has 0 aromatic carbocycles. The summed E-state index contributed by atoms with van der Waals surface area (Å²) < 4.78 is 19.9. The Bertz CT molecular complexity index is 414. The molecular formula is C20H39NO2S.